The van der Waals surface area contributed by atoms with Crippen LogP contribution in [0, 0.1) is 12.7 Å². The van der Waals surface area contributed by atoms with Crippen molar-refractivity contribution in [3.63, 3.8) is 0 Å². The number of hydrogen-bond donors (Lipinski definition) is 1. The van der Waals surface area contributed by atoms with E-state index in [-0.39, 0.29) is 18.9 Å². The van der Waals surface area contributed by atoms with Gasteiger partial charge in [0.15, 0.2) is 0 Å². The summed E-state index contributed by atoms with van der Waals surface area (Å²) < 4.78 is 38.1. The number of anilines is 2. The largest absolute Gasteiger partial charge is 0.326 e. The van der Waals surface area contributed by atoms with Crippen molar-refractivity contribution >= 4 is 27.3 Å². The van der Waals surface area contributed by atoms with Crippen LogP contribution in [-0.4, -0.2) is 27.1 Å². The van der Waals surface area contributed by atoms with Crippen LogP contribution in [0.3, 0.4) is 0 Å². The Balaban J connectivity index is 2.05. The topological polar surface area (TPSA) is 66.5 Å². The van der Waals surface area contributed by atoms with Crippen LogP contribution < -0.4 is 9.62 Å². The lowest BCUT2D eigenvalue weighted by Crippen LogP contribution is -2.33. The predicted octanol–water partition coefficient (Wildman–Crippen LogP) is 2.93. The van der Waals surface area contributed by atoms with E-state index in [9.17, 15) is 17.6 Å². The quantitative estimate of drug-likeness (QED) is 0.871. The minimum absolute atomic E-state index is 0.0155. The van der Waals surface area contributed by atoms with Gasteiger partial charge in [0, 0.05) is 18.7 Å². The molecule has 2 aromatic rings. The smallest absolute Gasteiger partial charge is 0.232 e. The van der Waals surface area contributed by atoms with Gasteiger partial charge in [-0.25, -0.2) is 12.8 Å². The van der Waals surface area contributed by atoms with Gasteiger partial charge >= 0.3 is 0 Å². The van der Waals surface area contributed by atoms with Gasteiger partial charge in [-0.3, -0.25) is 9.10 Å². The molecule has 2 aromatic carbocycles. The molecule has 0 saturated carbocycles. The first-order valence-electron chi connectivity index (χ1n) is 7.35. The fraction of sp³-hybridized carbons (Fsp3) is 0.235. The third-order valence-corrected chi connectivity index (χ3v) is 4.55. The molecule has 24 heavy (non-hydrogen) atoms. The zero-order chi connectivity index (χ0) is 17.7. The van der Waals surface area contributed by atoms with Crippen LogP contribution in [0.4, 0.5) is 15.8 Å². The second kappa shape index (κ2) is 7.44. The summed E-state index contributed by atoms with van der Waals surface area (Å²) in [6.07, 6.45) is 1.09. The number of nitrogens with zero attached hydrogens (tertiary/aromatic N) is 1. The molecule has 128 valence electrons. The minimum Gasteiger partial charge on any atom is -0.326 e. The molecule has 0 saturated heterocycles. The van der Waals surface area contributed by atoms with Crippen molar-refractivity contribution in [1.82, 2.24) is 0 Å². The van der Waals surface area contributed by atoms with E-state index in [0.717, 1.165) is 11.8 Å². The molecule has 5 nitrogen and oxygen atoms in total. The molecule has 0 atom stereocenters. The molecule has 0 unspecified atom stereocenters. The molecule has 2 rings (SSSR count). The first kappa shape index (κ1) is 17.9. The van der Waals surface area contributed by atoms with Crippen molar-refractivity contribution in [3.8, 4) is 0 Å². The van der Waals surface area contributed by atoms with Gasteiger partial charge in [0.1, 0.15) is 5.82 Å². The van der Waals surface area contributed by atoms with E-state index in [4.69, 9.17) is 0 Å². The number of aryl methyl sites for hydroxylation is 1. The maximum absolute atomic E-state index is 12.8. The monoisotopic (exact) mass is 350 g/mol. The van der Waals surface area contributed by atoms with Gasteiger partial charge in [0.2, 0.25) is 15.9 Å². The number of carbonyl (C=O) groups excluding carboxylic acids is 1. The molecule has 0 radical (unpaired) electrons. The third kappa shape index (κ3) is 5.06. The Morgan fingerprint density at radius 3 is 2.42 bits per heavy atom. The Hall–Kier alpha value is -2.41. The van der Waals surface area contributed by atoms with Crippen molar-refractivity contribution in [2.45, 2.75) is 13.3 Å². The zero-order valence-electron chi connectivity index (χ0n) is 13.5. The summed E-state index contributed by atoms with van der Waals surface area (Å²) in [6, 6.07) is 12.4. The highest BCUT2D eigenvalue weighted by Crippen LogP contribution is 2.19. The lowest BCUT2D eigenvalue weighted by atomic mass is 10.2. The first-order chi connectivity index (χ1) is 11.3. The second-order valence-corrected chi connectivity index (χ2v) is 7.39. The van der Waals surface area contributed by atoms with E-state index in [2.05, 4.69) is 5.32 Å². The van der Waals surface area contributed by atoms with E-state index < -0.39 is 15.8 Å². The van der Waals surface area contributed by atoms with Gasteiger partial charge in [0.25, 0.3) is 0 Å². The van der Waals surface area contributed by atoms with Crippen molar-refractivity contribution < 1.29 is 17.6 Å². The van der Waals surface area contributed by atoms with E-state index >= 15 is 0 Å². The summed E-state index contributed by atoms with van der Waals surface area (Å²) in [5.74, 6) is -0.737. The fourth-order valence-electron chi connectivity index (χ4n) is 2.23. The summed E-state index contributed by atoms with van der Waals surface area (Å²) in [5.41, 5.74) is 1.91. The van der Waals surface area contributed by atoms with E-state index in [1.54, 1.807) is 18.2 Å². The molecule has 0 fully saturated rings. The van der Waals surface area contributed by atoms with Crippen LogP contribution in [0.2, 0.25) is 0 Å². The molecular formula is C17H19FN2O3S. The average Bonchev–Trinajstić information content (AvgIpc) is 2.48. The number of carbonyl (C=O) groups is 1. The van der Waals surface area contributed by atoms with Crippen LogP contribution in [0.5, 0.6) is 0 Å². The van der Waals surface area contributed by atoms with E-state index in [0.29, 0.717) is 11.4 Å². The standard InChI is InChI=1S/C17H19FN2O3S/c1-13-4-3-5-16(12-13)20(24(2,22)23)11-10-17(21)19-15-8-6-14(18)7-9-15/h3-9,12H,10-11H2,1-2H3,(H,19,21). The number of benzene rings is 2. The molecule has 1 amide bonds. The fourth-order valence-corrected chi connectivity index (χ4v) is 3.15. The molecule has 1 N–H and O–H groups in total. The highest BCUT2D eigenvalue weighted by molar-refractivity contribution is 7.92. The summed E-state index contributed by atoms with van der Waals surface area (Å²) >= 11 is 0. The minimum atomic E-state index is -3.51. The molecule has 0 aliphatic carbocycles. The summed E-state index contributed by atoms with van der Waals surface area (Å²) in [7, 11) is -3.51. The average molecular weight is 350 g/mol. The lowest BCUT2D eigenvalue weighted by molar-refractivity contribution is -0.116. The Morgan fingerprint density at radius 1 is 1.17 bits per heavy atom. The van der Waals surface area contributed by atoms with Crippen molar-refractivity contribution in [1.29, 1.82) is 0 Å². The number of hydrogen-bond acceptors (Lipinski definition) is 3. The highest BCUT2D eigenvalue weighted by atomic mass is 32.2. The SMILES string of the molecule is Cc1cccc(N(CCC(=O)Nc2ccc(F)cc2)S(C)(=O)=O)c1. The zero-order valence-corrected chi connectivity index (χ0v) is 14.3. The number of rotatable bonds is 6. The molecule has 7 heteroatoms. The molecule has 0 aliphatic rings. The van der Waals surface area contributed by atoms with Crippen molar-refractivity contribution in [2.24, 2.45) is 0 Å². The van der Waals surface area contributed by atoms with E-state index in [1.165, 1.54) is 28.6 Å². The Labute approximate surface area is 141 Å². The van der Waals surface area contributed by atoms with Gasteiger partial charge in [-0.05, 0) is 48.9 Å². The van der Waals surface area contributed by atoms with Gasteiger partial charge in [-0.1, -0.05) is 12.1 Å². The second-order valence-electron chi connectivity index (χ2n) is 5.48. The van der Waals surface area contributed by atoms with Crippen molar-refractivity contribution in [3.05, 3.63) is 59.9 Å². The van der Waals surface area contributed by atoms with Crippen LogP contribution in [-0.2, 0) is 14.8 Å². The maximum Gasteiger partial charge on any atom is 0.232 e. The van der Waals surface area contributed by atoms with Crippen LogP contribution in [0.15, 0.2) is 48.5 Å². The van der Waals surface area contributed by atoms with Gasteiger partial charge < -0.3 is 5.32 Å². The Morgan fingerprint density at radius 2 is 1.83 bits per heavy atom. The normalized spacial score (nSPS) is 11.1. The Bertz CT molecular complexity index is 820. The molecule has 0 bridgehead atoms. The van der Waals surface area contributed by atoms with Crippen LogP contribution in [0.25, 0.3) is 0 Å². The summed E-state index contributed by atoms with van der Waals surface area (Å²) in [4.78, 5) is 12.0. The number of sulfonamides is 1. The van der Waals surface area contributed by atoms with Gasteiger partial charge in [-0.2, -0.15) is 0 Å². The van der Waals surface area contributed by atoms with Crippen LogP contribution in [0.1, 0.15) is 12.0 Å². The molecule has 0 aromatic heterocycles. The van der Waals surface area contributed by atoms with Gasteiger partial charge in [0.05, 0.1) is 11.9 Å². The van der Waals surface area contributed by atoms with E-state index in [1.807, 2.05) is 13.0 Å². The molecule has 0 heterocycles. The number of nitrogens with one attached hydrogen (secondary N) is 1. The molecular weight excluding hydrogens is 331 g/mol. The highest BCUT2D eigenvalue weighted by Gasteiger charge is 2.18. The molecule has 0 spiro atoms. The summed E-state index contributed by atoms with van der Waals surface area (Å²) in [6.45, 7) is 1.89. The number of amides is 1. The third-order valence-electron chi connectivity index (χ3n) is 3.36. The lowest BCUT2D eigenvalue weighted by Gasteiger charge is -2.22. The Kier molecular flexibility index (Phi) is 5.56. The summed E-state index contributed by atoms with van der Waals surface area (Å²) in [5, 5.41) is 2.61. The van der Waals surface area contributed by atoms with Gasteiger partial charge in [-0.15, -0.1) is 0 Å². The van der Waals surface area contributed by atoms with Crippen LogP contribution >= 0.6 is 0 Å². The maximum atomic E-state index is 12.8. The molecule has 0 aliphatic heterocycles. The first-order valence-corrected chi connectivity index (χ1v) is 9.20. The number of halogens is 1. The predicted molar refractivity (Wildman–Crippen MR) is 93.0 cm³/mol. The van der Waals surface area contributed by atoms with Crippen molar-refractivity contribution in [2.75, 3.05) is 22.4 Å².